The van der Waals surface area contributed by atoms with E-state index in [0.29, 0.717) is 19.6 Å². The molecule has 144 valence electrons. The topological polar surface area (TPSA) is 78.5 Å². The molecule has 0 saturated carbocycles. The average molecular weight is 370 g/mol. The zero-order valence-corrected chi connectivity index (χ0v) is 15.9. The van der Waals surface area contributed by atoms with Gasteiger partial charge >= 0.3 is 0 Å². The molecule has 2 fully saturated rings. The van der Waals surface area contributed by atoms with Gasteiger partial charge in [0.15, 0.2) is 0 Å². The van der Waals surface area contributed by atoms with Gasteiger partial charge < -0.3 is 14.5 Å². The Labute approximate surface area is 158 Å². The van der Waals surface area contributed by atoms with Crippen molar-refractivity contribution >= 4 is 11.8 Å². The van der Waals surface area contributed by atoms with Crippen LogP contribution in [-0.4, -0.2) is 62.6 Å². The Morgan fingerprint density at radius 2 is 2.26 bits per heavy atom. The fraction of sp³-hybridized carbons (Fsp3) is 0.650. The third kappa shape index (κ3) is 2.27. The number of likely N-dealkylation sites (tertiary alicyclic amines) is 1. The molecule has 4 aliphatic heterocycles. The van der Waals surface area contributed by atoms with Crippen molar-refractivity contribution in [3.8, 4) is 0 Å². The number of hydrogen-bond acceptors (Lipinski definition) is 4. The maximum atomic E-state index is 13.4. The summed E-state index contributed by atoms with van der Waals surface area (Å²) in [6, 6.07) is 0.216. The van der Waals surface area contributed by atoms with Gasteiger partial charge in [-0.15, -0.1) is 0 Å². The van der Waals surface area contributed by atoms with E-state index in [1.54, 1.807) is 6.20 Å². The molecule has 0 aliphatic carbocycles. The Morgan fingerprint density at radius 3 is 3.04 bits per heavy atom. The quantitative estimate of drug-likeness (QED) is 0.810. The summed E-state index contributed by atoms with van der Waals surface area (Å²) in [7, 11) is 0. The predicted molar refractivity (Wildman–Crippen MR) is 97.5 cm³/mol. The Balaban J connectivity index is 1.42. The van der Waals surface area contributed by atoms with Crippen LogP contribution in [0.2, 0.25) is 0 Å². The van der Waals surface area contributed by atoms with Crippen LogP contribution in [-0.2, 0) is 27.3 Å². The summed E-state index contributed by atoms with van der Waals surface area (Å²) in [4.78, 5) is 30.6. The van der Waals surface area contributed by atoms with Crippen molar-refractivity contribution in [3.63, 3.8) is 0 Å². The van der Waals surface area contributed by atoms with Gasteiger partial charge in [0.25, 0.3) is 0 Å². The molecule has 4 atom stereocenters. The Hall–Kier alpha value is -2.15. The first-order valence-electron chi connectivity index (χ1n) is 10.1. The number of amides is 2. The van der Waals surface area contributed by atoms with E-state index in [-0.39, 0.29) is 29.9 Å². The first-order valence-corrected chi connectivity index (χ1v) is 10.1. The van der Waals surface area contributed by atoms with Crippen LogP contribution in [0.25, 0.3) is 0 Å². The number of fused-ring (bicyclic) bond motifs is 2. The fourth-order valence-corrected chi connectivity index (χ4v) is 5.47. The van der Waals surface area contributed by atoms with Gasteiger partial charge in [-0.3, -0.25) is 14.7 Å². The first-order chi connectivity index (χ1) is 13.1. The summed E-state index contributed by atoms with van der Waals surface area (Å²) in [5.74, 6) is -0.653. The highest BCUT2D eigenvalue weighted by atomic mass is 16.5. The van der Waals surface area contributed by atoms with Crippen molar-refractivity contribution < 1.29 is 14.3 Å². The number of rotatable bonds is 4. The molecule has 5 heterocycles. The highest BCUT2D eigenvalue weighted by Gasteiger charge is 2.67. The van der Waals surface area contributed by atoms with Gasteiger partial charge in [0, 0.05) is 36.8 Å². The molecule has 7 nitrogen and oxygen atoms in total. The van der Waals surface area contributed by atoms with E-state index < -0.39 is 11.5 Å². The van der Waals surface area contributed by atoms with Crippen LogP contribution in [0.1, 0.15) is 37.9 Å². The molecule has 4 aliphatic rings. The number of nitrogens with zero attached hydrogens (tertiary/aromatic N) is 3. The second kappa shape index (κ2) is 5.92. The molecule has 27 heavy (non-hydrogen) atoms. The zero-order chi connectivity index (χ0) is 18.8. The van der Waals surface area contributed by atoms with Crippen LogP contribution in [0.3, 0.4) is 0 Å². The molecular weight excluding hydrogens is 344 g/mol. The lowest BCUT2D eigenvalue weighted by Crippen LogP contribution is -2.47. The van der Waals surface area contributed by atoms with Crippen LogP contribution in [0.4, 0.5) is 0 Å². The van der Waals surface area contributed by atoms with E-state index in [4.69, 9.17) is 4.74 Å². The van der Waals surface area contributed by atoms with Gasteiger partial charge in [-0.1, -0.05) is 26.0 Å². The van der Waals surface area contributed by atoms with Gasteiger partial charge in [-0.05, 0) is 12.8 Å². The van der Waals surface area contributed by atoms with Crippen LogP contribution in [0, 0.1) is 11.8 Å². The molecule has 2 saturated heterocycles. The summed E-state index contributed by atoms with van der Waals surface area (Å²) >= 11 is 0. The summed E-state index contributed by atoms with van der Waals surface area (Å²) in [6.07, 6.45) is 8.17. The lowest BCUT2D eigenvalue weighted by Gasteiger charge is -2.32. The molecular formula is C20H26N4O3. The van der Waals surface area contributed by atoms with E-state index in [1.165, 1.54) is 0 Å². The Bertz CT molecular complexity index is 814. The summed E-state index contributed by atoms with van der Waals surface area (Å²) in [5, 5.41) is 7.09. The summed E-state index contributed by atoms with van der Waals surface area (Å²) in [6.45, 7) is 6.01. The second-order valence-corrected chi connectivity index (χ2v) is 8.22. The third-order valence-electron chi connectivity index (χ3n) is 6.91. The summed E-state index contributed by atoms with van der Waals surface area (Å²) < 4.78 is 6.26. The number of nitrogens with one attached hydrogen (secondary N) is 1. The van der Waals surface area contributed by atoms with E-state index in [0.717, 1.165) is 30.5 Å². The van der Waals surface area contributed by atoms with Crippen molar-refractivity contribution in [2.75, 3.05) is 13.1 Å². The SMILES string of the molecule is CCC(CC)N1C[C@]23C=C[C@H](O2)C(C(=O)N2CCc4[nH]ncc4C2)C3C1=O. The Morgan fingerprint density at radius 1 is 1.44 bits per heavy atom. The highest BCUT2D eigenvalue weighted by molar-refractivity contribution is 5.93. The van der Waals surface area contributed by atoms with Gasteiger partial charge in [0.2, 0.25) is 11.8 Å². The van der Waals surface area contributed by atoms with E-state index in [1.807, 2.05) is 22.0 Å². The fourth-order valence-electron chi connectivity index (χ4n) is 5.47. The minimum Gasteiger partial charge on any atom is -0.360 e. The normalized spacial score (nSPS) is 33.9. The highest BCUT2D eigenvalue weighted by Crippen LogP contribution is 2.53. The molecule has 1 N–H and O–H groups in total. The van der Waals surface area contributed by atoms with Crippen molar-refractivity contribution in [1.29, 1.82) is 0 Å². The molecule has 5 rings (SSSR count). The molecule has 1 aromatic rings. The van der Waals surface area contributed by atoms with Gasteiger partial charge in [0.1, 0.15) is 5.60 Å². The number of aromatic amines is 1. The molecule has 1 aromatic heterocycles. The maximum absolute atomic E-state index is 13.4. The molecule has 2 unspecified atom stereocenters. The van der Waals surface area contributed by atoms with Crippen LogP contribution in [0.5, 0.6) is 0 Å². The van der Waals surface area contributed by atoms with Gasteiger partial charge in [-0.2, -0.15) is 5.10 Å². The molecule has 1 spiro atoms. The van der Waals surface area contributed by atoms with Crippen LogP contribution in [0.15, 0.2) is 18.3 Å². The number of ether oxygens (including phenoxy) is 1. The monoisotopic (exact) mass is 370 g/mol. The van der Waals surface area contributed by atoms with Crippen molar-refractivity contribution in [2.45, 2.75) is 57.4 Å². The standard InChI is InChI=1S/C20H26N4O3/c1-3-13(4-2)24-11-20-7-5-15(27-20)16(17(20)19(24)26)18(25)23-8-6-14-12(10-23)9-21-22-14/h5,7,9,13,15-17H,3-4,6,8,10-11H2,1-2H3,(H,21,22)/t15-,16?,17?,20-/m0/s1. The number of H-pyrrole nitrogens is 1. The number of carbonyl (C=O) groups is 2. The molecule has 2 amide bonds. The number of hydrogen-bond donors (Lipinski definition) is 1. The second-order valence-electron chi connectivity index (χ2n) is 8.22. The molecule has 7 heteroatoms. The number of aromatic nitrogens is 2. The predicted octanol–water partition coefficient (Wildman–Crippen LogP) is 1.26. The zero-order valence-electron chi connectivity index (χ0n) is 15.9. The minimum absolute atomic E-state index is 0.0443. The van der Waals surface area contributed by atoms with Gasteiger partial charge in [-0.25, -0.2) is 0 Å². The van der Waals surface area contributed by atoms with E-state index >= 15 is 0 Å². The van der Waals surface area contributed by atoms with Crippen molar-refractivity contribution in [2.24, 2.45) is 11.8 Å². The lowest BCUT2D eigenvalue weighted by atomic mass is 9.76. The Kier molecular flexibility index (Phi) is 3.73. The largest absolute Gasteiger partial charge is 0.360 e. The van der Waals surface area contributed by atoms with Crippen LogP contribution >= 0.6 is 0 Å². The smallest absolute Gasteiger partial charge is 0.230 e. The van der Waals surface area contributed by atoms with Gasteiger partial charge in [0.05, 0.1) is 30.7 Å². The number of carbonyl (C=O) groups excluding carboxylic acids is 2. The van der Waals surface area contributed by atoms with Crippen molar-refractivity contribution in [3.05, 3.63) is 29.6 Å². The maximum Gasteiger partial charge on any atom is 0.230 e. The first kappa shape index (κ1) is 17.0. The lowest BCUT2D eigenvalue weighted by molar-refractivity contribution is -0.144. The van der Waals surface area contributed by atoms with Crippen LogP contribution < -0.4 is 0 Å². The molecule has 0 radical (unpaired) electrons. The third-order valence-corrected chi connectivity index (χ3v) is 6.91. The van der Waals surface area contributed by atoms with Crippen molar-refractivity contribution in [1.82, 2.24) is 20.0 Å². The summed E-state index contributed by atoms with van der Waals surface area (Å²) in [5.41, 5.74) is 1.57. The minimum atomic E-state index is -0.610. The van der Waals surface area contributed by atoms with E-state index in [9.17, 15) is 9.59 Å². The molecule has 0 aromatic carbocycles. The molecule has 2 bridgehead atoms. The van der Waals surface area contributed by atoms with E-state index in [2.05, 4.69) is 24.0 Å². The average Bonchev–Trinajstić information content (AvgIpc) is 3.43.